The molecule has 1 aromatic heterocycles. The van der Waals surface area contributed by atoms with Crippen molar-refractivity contribution >= 4 is 5.91 Å². The average molecular weight is 290 g/mol. The molecule has 0 bridgehead atoms. The lowest BCUT2D eigenvalue weighted by atomic mass is 10.2. The van der Waals surface area contributed by atoms with Gasteiger partial charge in [0.25, 0.3) is 5.91 Å². The van der Waals surface area contributed by atoms with Crippen LogP contribution in [-0.2, 0) is 0 Å². The van der Waals surface area contributed by atoms with Crippen LogP contribution in [0.5, 0.6) is 0 Å². The number of rotatable bonds is 5. The Balaban J connectivity index is 2.34. The first-order valence-corrected chi connectivity index (χ1v) is 6.89. The Kier molecular flexibility index (Phi) is 4.75. The highest BCUT2D eigenvalue weighted by molar-refractivity contribution is 5.95. The first-order valence-electron chi connectivity index (χ1n) is 6.89. The van der Waals surface area contributed by atoms with Crippen molar-refractivity contribution in [3.05, 3.63) is 53.1 Å². The molecule has 0 unspecified atom stereocenters. The van der Waals surface area contributed by atoms with Crippen LogP contribution in [0.4, 0.5) is 4.39 Å². The van der Waals surface area contributed by atoms with Gasteiger partial charge in [-0.05, 0) is 38.5 Å². The lowest BCUT2D eigenvalue weighted by Gasteiger charge is -2.11. The highest BCUT2D eigenvalue weighted by atomic mass is 19.1. The van der Waals surface area contributed by atoms with Crippen molar-refractivity contribution in [3.8, 4) is 5.69 Å². The molecule has 5 heteroatoms. The fourth-order valence-electron chi connectivity index (χ4n) is 2.37. The zero-order chi connectivity index (χ0) is 15.4. The number of nitrogens with zero attached hydrogens (tertiary/aromatic N) is 1. The van der Waals surface area contributed by atoms with Crippen molar-refractivity contribution < 1.29 is 14.3 Å². The lowest BCUT2D eigenvalue weighted by Crippen LogP contribution is -2.25. The minimum Gasteiger partial charge on any atom is -0.396 e. The fraction of sp³-hybridized carbons (Fsp3) is 0.312. The number of carbonyl (C=O) groups is 1. The molecule has 112 valence electrons. The van der Waals surface area contributed by atoms with Gasteiger partial charge in [-0.1, -0.05) is 12.1 Å². The number of aliphatic hydroxyl groups excluding tert-OH is 1. The predicted molar refractivity (Wildman–Crippen MR) is 79.2 cm³/mol. The Morgan fingerprint density at radius 2 is 2.05 bits per heavy atom. The summed E-state index contributed by atoms with van der Waals surface area (Å²) in [5.74, 6) is -0.536. The predicted octanol–water partition coefficient (Wildman–Crippen LogP) is 2.35. The molecule has 1 heterocycles. The van der Waals surface area contributed by atoms with Crippen molar-refractivity contribution in [2.75, 3.05) is 13.2 Å². The van der Waals surface area contributed by atoms with Gasteiger partial charge in [-0.3, -0.25) is 4.79 Å². The number of aromatic nitrogens is 1. The van der Waals surface area contributed by atoms with Gasteiger partial charge in [0.15, 0.2) is 0 Å². The number of benzene rings is 1. The van der Waals surface area contributed by atoms with Crippen LogP contribution in [0.15, 0.2) is 30.3 Å². The van der Waals surface area contributed by atoms with Crippen molar-refractivity contribution in [2.45, 2.75) is 20.3 Å². The molecule has 0 aliphatic carbocycles. The lowest BCUT2D eigenvalue weighted by molar-refractivity contribution is 0.0950. The number of aliphatic hydroxyl groups is 1. The summed E-state index contributed by atoms with van der Waals surface area (Å²) in [6.45, 7) is 4.08. The Bertz CT molecular complexity index is 650. The molecule has 21 heavy (non-hydrogen) atoms. The largest absolute Gasteiger partial charge is 0.396 e. The summed E-state index contributed by atoms with van der Waals surface area (Å²) in [6, 6.07) is 8.22. The molecular formula is C16H19FN2O2. The summed E-state index contributed by atoms with van der Waals surface area (Å²) in [6.07, 6.45) is 0.512. The van der Waals surface area contributed by atoms with E-state index in [1.807, 2.05) is 6.92 Å². The maximum absolute atomic E-state index is 13.9. The molecule has 1 amide bonds. The summed E-state index contributed by atoms with van der Waals surface area (Å²) >= 11 is 0. The molecule has 0 atom stereocenters. The molecule has 0 saturated carbocycles. The summed E-state index contributed by atoms with van der Waals surface area (Å²) in [5.41, 5.74) is 2.44. The van der Waals surface area contributed by atoms with Gasteiger partial charge in [-0.2, -0.15) is 0 Å². The van der Waals surface area contributed by atoms with Gasteiger partial charge in [0.1, 0.15) is 5.82 Å². The van der Waals surface area contributed by atoms with Gasteiger partial charge in [-0.25, -0.2) is 4.39 Å². The number of para-hydroxylation sites is 1. The zero-order valence-corrected chi connectivity index (χ0v) is 12.2. The van der Waals surface area contributed by atoms with Crippen LogP contribution >= 0.6 is 0 Å². The molecule has 0 spiro atoms. The van der Waals surface area contributed by atoms with E-state index >= 15 is 0 Å². The Labute approximate surface area is 123 Å². The van der Waals surface area contributed by atoms with E-state index < -0.39 is 0 Å². The molecule has 2 rings (SSSR count). The van der Waals surface area contributed by atoms with E-state index in [0.717, 1.165) is 5.69 Å². The molecule has 0 saturated heterocycles. The van der Waals surface area contributed by atoms with Crippen LogP contribution in [0.25, 0.3) is 5.69 Å². The van der Waals surface area contributed by atoms with Crippen molar-refractivity contribution in [2.24, 2.45) is 0 Å². The average Bonchev–Trinajstić information content (AvgIpc) is 2.75. The van der Waals surface area contributed by atoms with Gasteiger partial charge in [-0.15, -0.1) is 0 Å². The van der Waals surface area contributed by atoms with Crippen molar-refractivity contribution in [3.63, 3.8) is 0 Å². The second kappa shape index (κ2) is 6.54. The molecular weight excluding hydrogens is 271 g/mol. The minimum absolute atomic E-state index is 0.0362. The second-order valence-corrected chi connectivity index (χ2v) is 4.90. The molecule has 0 fully saturated rings. The molecule has 0 aliphatic heterocycles. The van der Waals surface area contributed by atoms with Gasteiger partial charge in [0.05, 0.1) is 11.3 Å². The zero-order valence-electron chi connectivity index (χ0n) is 12.2. The molecule has 2 N–H and O–H groups in total. The maximum Gasteiger partial charge on any atom is 0.253 e. The van der Waals surface area contributed by atoms with Gasteiger partial charge < -0.3 is 15.0 Å². The molecule has 0 radical (unpaired) electrons. The van der Waals surface area contributed by atoms with Crippen LogP contribution in [0.3, 0.4) is 0 Å². The third-order valence-corrected chi connectivity index (χ3v) is 3.39. The van der Waals surface area contributed by atoms with E-state index in [0.29, 0.717) is 29.9 Å². The minimum atomic E-state index is -0.327. The number of hydrogen-bond acceptors (Lipinski definition) is 2. The number of amides is 1. The Morgan fingerprint density at radius 1 is 1.33 bits per heavy atom. The quantitative estimate of drug-likeness (QED) is 0.831. The van der Waals surface area contributed by atoms with E-state index in [4.69, 9.17) is 5.11 Å². The fourth-order valence-corrected chi connectivity index (χ4v) is 2.37. The van der Waals surface area contributed by atoms with E-state index in [1.165, 1.54) is 6.07 Å². The van der Waals surface area contributed by atoms with Crippen molar-refractivity contribution in [1.82, 2.24) is 9.88 Å². The topological polar surface area (TPSA) is 54.3 Å². The van der Waals surface area contributed by atoms with Crippen LogP contribution in [-0.4, -0.2) is 28.7 Å². The molecule has 4 nitrogen and oxygen atoms in total. The first kappa shape index (κ1) is 15.3. The smallest absolute Gasteiger partial charge is 0.253 e. The Hall–Kier alpha value is -2.14. The highest BCUT2D eigenvalue weighted by Gasteiger charge is 2.17. The van der Waals surface area contributed by atoms with Crippen molar-refractivity contribution in [1.29, 1.82) is 0 Å². The molecule has 2 aromatic rings. The van der Waals surface area contributed by atoms with E-state index in [2.05, 4.69) is 5.32 Å². The second-order valence-electron chi connectivity index (χ2n) is 4.90. The van der Waals surface area contributed by atoms with E-state index in [9.17, 15) is 9.18 Å². The molecule has 0 aliphatic rings. The first-order chi connectivity index (χ1) is 10.1. The number of hydrogen-bond donors (Lipinski definition) is 2. The third-order valence-electron chi connectivity index (χ3n) is 3.39. The summed E-state index contributed by atoms with van der Waals surface area (Å²) in [7, 11) is 0. The van der Waals surface area contributed by atoms with Crippen LogP contribution < -0.4 is 5.32 Å². The van der Waals surface area contributed by atoms with Gasteiger partial charge in [0, 0.05) is 24.5 Å². The monoisotopic (exact) mass is 290 g/mol. The van der Waals surface area contributed by atoms with Crippen LogP contribution in [0.1, 0.15) is 28.2 Å². The normalized spacial score (nSPS) is 10.7. The molecule has 1 aromatic carbocycles. The van der Waals surface area contributed by atoms with Gasteiger partial charge >= 0.3 is 0 Å². The SMILES string of the molecule is Cc1cc(C(=O)NCCCO)c(C)n1-c1ccccc1F. The van der Waals surface area contributed by atoms with Crippen LogP contribution in [0.2, 0.25) is 0 Å². The number of aryl methyl sites for hydroxylation is 1. The number of halogens is 1. The number of carbonyl (C=O) groups excluding carboxylic acids is 1. The maximum atomic E-state index is 13.9. The van der Waals surface area contributed by atoms with E-state index in [1.54, 1.807) is 35.8 Å². The highest BCUT2D eigenvalue weighted by Crippen LogP contribution is 2.22. The standard InChI is InChI=1S/C16H19FN2O2/c1-11-10-13(16(21)18-8-5-9-20)12(2)19(11)15-7-4-3-6-14(15)17/h3-4,6-7,10,20H,5,8-9H2,1-2H3,(H,18,21). The summed E-state index contributed by atoms with van der Waals surface area (Å²) < 4.78 is 15.7. The Morgan fingerprint density at radius 3 is 2.71 bits per heavy atom. The summed E-state index contributed by atoms with van der Waals surface area (Å²) in [4.78, 5) is 12.1. The third kappa shape index (κ3) is 3.13. The van der Waals surface area contributed by atoms with Crippen LogP contribution in [0, 0.1) is 19.7 Å². The van der Waals surface area contributed by atoms with Gasteiger partial charge in [0.2, 0.25) is 0 Å². The van der Waals surface area contributed by atoms with E-state index in [-0.39, 0.29) is 18.3 Å². The number of nitrogens with one attached hydrogen (secondary N) is 1. The summed E-state index contributed by atoms with van der Waals surface area (Å²) in [5, 5.41) is 11.5.